The van der Waals surface area contributed by atoms with E-state index in [0.29, 0.717) is 11.6 Å². The smallest absolute Gasteiger partial charge is 0.271 e. The van der Waals surface area contributed by atoms with E-state index in [1.54, 1.807) is 12.1 Å². The number of pyridine rings is 1. The number of nitro benzene ring substituents is 1. The third-order valence-corrected chi connectivity index (χ3v) is 5.87. The summed E-state index contributed by atoms with van der Waals surface area (Å²) in [4.78, 5) is 32.7. The van der Waals surface area contributed by atoms with E-state index < -0.39 is 0 Å². The molecule has 2 heterocycles. The van der Waals surface area contributed by atoms with Crippen LogP contribution in [0.1, 0.15) is 23.2 Å². The Labute approximate surface area is 179 Å². The van der Waals surface area contributed by atoms with Crippen molar-refractivity contribution in [2.75, 3.05) is 36.0 Å². The van der Waals surface area contributed by atoms with Gasteiger partial charge in [0.2, 0.25) is 0 Å². The van der Waals surface area contributed by atoms with Crippen LogP contribution in [0.2, 0.25) is 0 Å². The molecule has 3 aromatic rings. The Morgan fingerprint density at radius 2 is 1.74 bits per heavy atom. The van der Waals surface area contributed by atoms with E-state index in [-0.39, 0.29) is 16.5 Å². The normalized spacial score (nSPS) is 16.4. The highest BCUT2D eigenvalue weighted by atomic mass is 16.6. The van der Waals surface area contributed by atoms with Gasteiger partial charge in [0.05, 0.1) is 16.0 Å². The lowest BCUT2D eigenvalue weighted by Gasteiger charge is -2.36. The van der Waals surface area contributed by atoms with Gasteiger partial charge in [-0.1, -0.05) is 24.3 Å². The molecule has 1 amide bonds. The predicted octanol–water partition coefficient (Wildman–Crippen LogP) is 3.36. The molecule has 8 heteroatoms. The molecule has 0 atom stereocenters. The maximum Gasteiger partial charge on any atom is 0.271 e. The minimum absolute atomic E-state index is 0.0439. The molecule has 0 unspecified atom stereocenters. The average molecular weight is 417 g/mol. The largest absolute Gasteiger partial charge is 0.368 e. The summed E-state index contributed by atoms with van der Waals surface area (Å²) >= 11 is 0. The summed E-state index contributed by atoms with van der Waals surface area (Å²) in [6, 6.07) is 16.7. The lowest BCUT2D eigenvalue weighted by atomic mass is 10.1. The molecule has 1 saturated carbocycles. The lowest BCUT2D eigenvalue weighted by molar-refractivity contribution is -0.384. The number of carbonyl (C=O) groups excluding carboxylic acids is 1. The number of non-ortho nitro benzene ring substituents is 1. The van der Waals surface area contributed by atoms with Gasteiger partial charge in [0.25, 0.3) is 11.6 Å². The molecule has 0 bridgehead atoms. The number of fused-ring (bicyclic) bond motifs is 1. The SMILES string of the molecule is O=C(NC1CC1)c1cc(N2CCN(c3cccc([N+](=O)[O-])c3)CC2)nc2ccccc12. The number of hydrogen-bond acceptors (Lipinski definition) is 6. The predicted molar refractivity (Wildman–Crippen MR) is 120 cm³/mol. The van der Waals surface area contributed by atoms with Gasteiger partial charge in [-0.05, 0) is 31.0 Å². The average Bonchev–Trinajstić information content (AvgIpc) is 3.62. The molecule has 2 aromatic carbocycles. The van der Waals surface area contributed by atoms with Crippen molar-refractivity contribution in [3.8, 4) is 0 Å². The van der Waals surface area contributed by atoms with E-state index in [1.165, 1.54) is 6.07 Å². The van der Waals surface area contributed by atoms with Crippen LogP contribution >= 0.6 is 0 Å². The van der Waals surface area contributed by atoms with E-state index in [1.807, 2.05) is 36.4 Å². The fourth-order valence-corrected chi connectivity index (χ4v) is 4.00. The quantitative estimate of drug-likeness (QED) is 0.506. The number of nitrogens with zero attached hydrogens (tertiary/aromatic N) is 4. The Kier molecular flexibility index (Phi) is 4.89. The van der Waals surface area contributed by atoms with Crippen LogP contribution in [0.3, 0.4) is 0 Å². The number of piperazine rings is 1. The molecule has 0 spiro atoms. The Morgan fingerprint density at radius 3 is 2.48 bits per heavy atom. The maximum absolute atomic E-state index is 12.8. The zero-order chi connectivity index (χ0) is 21.4. The second kappa shape index (κ2) is 7.86. The number of para-hydroxylation sites is 1. The molecule has 0 radical (unpaired) electrons. The van der Waals surface area contributed by atoms with Crippen LogP contribution in [0.5, 0.6) is 0 Å². The van der Waals surface area contributed by atoms with Crippen molar-refractivity contribution in [2.45, 2.75) is 18.9 Å². The molecule has 2 fully saturated rings. The van der Waals surface area contributed by atoms with Crippen LogP contribution in [0.15, 0.2) is 54.6 Å². The molecular formula is C23H23N5O3. The number of nitrogens with one attached hydrogen (secondary N) is 1. The number of anilines is 2. The first-order chi connectivity index (χ1) is 15.1. The van der Waals surface area contributed by atoms with Gasteiger partial charge in [0, 0.05) is 55.4 Å². The second-order valence-corrected chi connectivity index (χ2v) is 8.04. The van der Waals surface area contributed by atoms with Crippen molar-refractivity contribution < 1.29 is 9.72 Å². The second-order valence-electron chi connectivity index (χ2n) is 8.04. The number of benzene rings is 2. The molecule has 1 aliphatic heterocycles. The van der Waals surface area contributed by atoms with Gasteiger partial charge < -0.3 is 15.1 Å². The van der Waals surface area contributed by atoms with Crippen LogP contribution in [-0.4, -0.2) is 48.0 Å². The van der Waals surface area contributed by atoms with Crippen LogP contribution < -0.4 is 15.1 Å². The summed E-state index contributed by atoms with van der Waals surface area (Å²) in [5, 5.41) is 15.0. The van der Waals surface area contributed by atoms with Crippen molar-refractivity contribution in [3.05, 3.63) is 70.3 Å². The van der Waals surface area contributed by atoms with Gasteiger partial charge in [-0.3, -0.25) is 14.9 Å². The number of amides is 1. The molecule has 158 valence electrons. The Hall–Kier alpha value is -3.68. The number of rotatable bonds is 5. The molecule has 1 saturated heterocycles. The summed E-state index contributed by atoms with van der Waals surface area (Å²) < 4.78 is 0. The fourth-order valence-electron chi connectivity index (χ4n) is 4.00. The molecular weight excluding hydrogens is 394 g/mol. The molecule has 1 aliphatic carbocycles. The van der Waals surface area contributed by atoms with Gasteiger partial charge in [0.1, 0.15) is 5.82 Å². The third kappa shape index (κ3) is 4.01. The van der Waals surface area contributed by atoms with Gasteiger partial charge in [-0.25, -0.2) is 4.98 Å². The number of nitro groups is 1. The van der Waals surface area contributed by atoms with E-state index >= 15 is 0 Å². The standard InChI is InChI=1S/C23H23N5O3/c29-23(24-16-8-9-16)20-15-22(25-21-7-2-1-6-19(20)21)27-12-10-26(11-13-27)17-4-3-5-18(14-17)28(30)31/h1-7,14-16H,8-13H2,(H,24,29). The first-order valence-electron chi connectivity index (χ1n) is 10.5. The topological polar surface area (TPSA) is 91.6 Å². The van der Waals surface area contributed by atoms with Crippen molar-refractivity contribution in [1.82, 2.24) is 10.3 Å². The first-order valence-corrected chi connectivity index (χ1v) is 10.5. The van der Waals surface area contributed by atoms with Crippen LogP contribution in [0.4, 0.5) is 17.2 Å². The van der Waals surface area contributed by atoms with Crippen LogP contribution in [-0.2, 0) is 0 Å². The van der Waals surface area contributed by atoms with E-state index in [4.69, 9.17) is 4.98 Å². The van der Waals surface area contributed by atoms with E-state index in [0.717, 1.165) is 61.4 Å². The highest BCUT2D eigenvalue weighted by molar-refractivity contribution is 6.07. The van der Waals surface area contributed by atoms with Gasteiger partial charge in [0.15, 0.2) is 0 Å². The van der Waals surface area contributed by atoms with Crippen LogP contribution in [0.25, 0.3) is 10.9 Å². The number of aromatic nitrogens is 1. The summed E-state index contributed by atoms with van der Waals surface area (Å²) in [6.45, 7) is 2.88. The Balaban J connectivity index is 1.37. The fraction of sp³-hybridized carbons (Fsp3) is 0.304. The third-order valence-electron chi connectivity index (χ3n) is 5.87. The zero-order valence-corrected chi connectivity index (χ0v) is 17.0. The summed E-state index contributed by atoms with van der Waals surface area (Å²) in [7, 11) is 0. The van der Waals surface area contributed by atoms with Gasteiger partial charge in [-0.2, -0.15) is 0 Å². The molecule has 31 heavy (non-hydrogen) atoms. The van der Waals surface area contributed by atoms with Crippen molar-refractivity contribution in [3.63, 3.8) is 0 Å². The molecule has 8 nitrogen and oxygen atoms in total. The molecule has 5 rings (SSSR count). The zero-order valence-electron chi connectivity index (χ0n) is 17.0. The first kappa shape index (κ1) is 19.3. The minimum atomic E-state index is -0.368. The van der Waals surface area contributed by atoms with E-state index in [2.05, 4.69) is 15.1 Å². The monoisotopic (exact) mass is 417 g/mol. The molecule has 1 aromatic heterocycles. The number of carbonyl (C=O) groups is 1. The lowest BCUT2D eigenvalue weighted by Crippen LogP contribution is -2.47. The minimum Gasteiger partial charge on any atom is -0.368 e. The molecule has 2 aliphatic rings. The summed E-state index contributed by atoms with van der Waals surface area (Å²) in [5.41, 5.74) is 2.42. The van der Waals surface area contributed by atoms with Crippen molar-refractivity contribution in [2.24, 2.45) is 0 Å². The summed E-state index contributed by atoms with van der Waals surface area (Å²) in [5.74, 6) is 0.746. The van der Waals surface area contributed by atoms with Crippen molar-refractivity contribution in [1.29, 1.82) is 0 Å². The Morgan fingerprint density at radius 1 is 1.00 bits per heavy atom. The number of hydrogen-bond donors (Lipinski definition) is 1. The highest BCUT2D eigenvalue weighted by Gasteiger charge is 2.26. The van der Waals surface area contributed by atoms with Crippen molar-refractivity contribution >= 4 is 34.0 Å². The molecule has 1 N–H and O–H groups in total. The van der Waals surface area contributed by atoms with E-state index in [9.17, 15) is 14.9 Å². The Bertz CT molecular complexity index is 1150. The summed E-state index contributed by atoms with van der Waals surface area (Å²) in [6.07, 6.45) is 2.09. The highest BCUT2D eigenvalue weighted by Crippen LogP contribution is 2.27. The van der Waals surface area contributed by atoms with Gasteiger partial charge >= 0.3 is 0 Å². The van der Waals surface area contributed by atoms with Crippen LogP contribution in [0, 0.1) is 10.1 Å². The van der Waals surface area contributed by atoms with Gasteiger partial charge in [-0.15, -0.1) is 0 Å². The maximum atomic E-state index is 12.8.